The third-order valence-electron chi connectivity index (χ3n) is 2.61. The molecule has 2 unspecified atom stereocenters. The number of carbonyl (C=O) groups is 1. The van der Waals surface area contributed by atoms with Crippen LogP contribution in [0.3, 0.4) is 0 Å². The highest BCUT2D eigenvalue weighted by Crippen LogP contribution is 2.03. The van der Waals surface area contributed by atoms with Crippen LogP contribution in [0.25, 0.3) is 0 Å². The lowest BCUT2D eigenvalue weighted by atomic mass is 10.2. The van der Waals surface area contributed by atoms with E-state index >= 15 is 0 Å². The fourth-order valence-corrected chi connectivity index (χ4v) is 1.75. The van der Waals surface area contributed by atoms with Crippen LogP contribution in [0.1, 0.15) is 13.3 Å². The van der Waals surface area contributed by atoms with Crippen LogP contribution in [0.4, 0.5) is 0 Å². The lowest BCUT2D eigenvalue weighted by Gasteiger charge is -2.28. The van der Waals surface area contributed by atoms with Gasteiger partial charge in [0.05, 0.1) is 18.8 Å². The van der Waals surface area contributed by atoms with Gasteiger partial charge in [-0.2, -0.15) is 0 Å². The quantitative estimate of drug-likeness (QED) is 0.578. The molecular weight excluding hydrogens is 236 g/mol. The summed E-state index contributed by atoms with van der Waals surface area (Å²) < 4.78 is 15.9. The summed E-state index contributed by atoms with van der Waals surface area (Å²) in [5.41, 5.74) is 0. The minimum Gasteiger partial charge on any atom is -0.385 e. The highest BCUT2D eigenvalue weighted by molar-refractivity contribution is 5.77. The van der Waals surface area contributed by atoms with Crippen molar-refractivity contribution in [2.75, 3.05) is 46.6 Å². The van der Waals surface area contributed by atoms with E-state index in [0.717, 1.165) is 19.5 Å². The second-order valence-electron chi connectivity index (χ2n) is 4.44. The van der Waals surface area contributed by atoms with E-state index in [4.69, 9.17) is 14.2 Å². The number of rotatable bonds is 8. The number of morpholine rings is 1. The van der Waals surface area contributed by atoms with Crippen molar-refractivity contribution in [2.45, 2.75) is 25.6 Å². The molecule has 0 saturated carbocycles. The van der Waals surface area contributed by atoms with E-state index < -0.39 is 0 Å². The van der Waals surface area contributed by atoms with Crippen molar-refractivity contribution in [1.29, 1.82) is 0 Å². The maximum atomic E-state index is 11.4. The van der Waals surface area contributed by atoms with Gasteiger partial charge in [-0.3, -0.25) is 4.79 Å². The Balaban J connectivity index is 1.97. The molecule has 0 radical (unpaired) electrons. The summed E-state index contributed by atoms with van der Waals surface area (Å²) in [5.74, 6) is -0.0945. The SMILES string of the molecule is COCCCNC(=O)COCC1CNCC(C)O1. The van der Waals surface area contributed by atoms with Gasteiger partial charge in [-0.05, 0) is 13.3 Å². The predicted octanol–water partition coefficient (Wildman–Crippen LogP) is -0.467. The Morgan fingerprint density at radius 2 is 2.33 bits per heavy atom. The van der Waals surface area contributed by atoms with Crippen molar-refractivity contribution < 1.29 is 19.0 Å². The number of hydrogen-bond donors (Lipinski definition) is 2. The Labute approximate surface area is 108 Å². The molecule has 106 valence electrons. The van der Waals surface area contributed by atoms with E-state index in [2.05, 4.69) is 10.6 Å². The molecule has 1 heterocycles. The van der Waals surface area contributed by atoms with Crippen LogP contribution < -0.4 is 10.6 Å². The van der Waals surface area contributed by atoms with Gasteiger partial charge >= 0.3 is 0 Å². The molecule has 0 aromatic carbocycles. The summed E-state index contributed by atoms with van der Waals surface area (Å²) in [7, 11) is 1.64. The second kappa shape index (κ2) is 9.27. The monoisotopic (exact) mass is 260 g/mol. The molecule has 18 heavy (non-hydrogen) atoms. The molecule has 1 aliphatic rings. The van der Waals surface area contributed by atoms with Gasteiger partial charge in [0.2, 0.25) is 5.91 Å². The zero-order valence-electron chi connectivity index (χ0n) is 11.2. The standard InChI is InChI=1S/C12H24N2O4/c1-10-6-13-7-11(18-10)8-17-9-12(15)14-4-3-5-16-2/h10-11,13H,3-9H2,1-2H3,(H,14,15). The average molecular weight is 260 g/mol. The summed E-state index contributed by atoms with van der Waals surface area (Å²) in [5, 5.41) is 6.02. The summed E-state index contributed by atoms with van der Waals surface area (Å²) in [6, 6.07) is 0. The van der Waals surface area contributed by atoms with Crippen molar-refractivity contribution in [2.24, 2.45) is 0 Å². The fourth-order valence-electron chi connectivity index (χ4n) is 1.75. The average Bonchev–Trinajstić information content (AvgIpc) is 2.35. The smallest absolute Gasteiger partial charge is 0.246 e. The van der Waals surface area contributed by atoms with Gasteiger partial charge in [0, 0.05) is 33.4 Å². The van der Waals surface area contributed by atoms with E-state index in [1.54, 1.807) is 7.11 Å². The van der Waals surface area contributed by atoms with E-state index in [9.17, 15) is 4.79 Å². The van der Waals surface area contributed by atoms with E-state index in [0.29, 0.717) is 19.8 Å². The Morgan fingerprint density at radius 3 is 3.06 bits per heavy atom. The van der Waals surface area contributed by atoms with E-state index in [1.807, 2.05) is 6.92 Å². The van der Waals surface area contributed by atoms with Crippen LogP contribution in [-0.4, -0.2) is 64.7 Å². The van der Waals surface area contributed by atoms with Crippen molar-refractivity contribution in [3.8, 4) is 0 Å². The lowest BCUT2D eigenvalue weighted by molar-refractivity contribution is -0.128. The molecular formula is C12H24N2O4. The van der Waals surface area contributed by atoms with Crippen LogP contribution in [0.5, 0.6) is 0 Å². The Hall–Kier alpha value is -0.690. The van der Waals surface area contributed by atoms with Gasteiger partial charge in [0.1, 0.15) is 6.61 Å². The highest BCUT2D eigenvalue weighted by atomic mass is 16.5. The summed E-state index contributed by atoms with van der Waals surface area (Å²) in [6.07, 6.45) is 1.06. The number of carbonyl (C=O) groups excluding carboxylic acids is 1. The van der Waals surface area contributed by atoms with Crippen molar-refractivity contribution >= 4 is 5.91 Å². The minimum absolute atomic E-state index is 0.0371. The van der Waals surface area contributed by atoms with Crippen molar-refractivity contribution in [3.05, 3.63) is 0 Å². The summed E-state index contributed by atoms with van der Waals surface area (Å²) in [6.45, 7) is 5.47. The number of nitrogens with one attached hydrogen (secondary N) is 2. The topological polar surface area (TPSA) is 68.8 Å². The molecule has 1 rings (SSSR count). The van der Waals surface area contributed by atoms with Gasteiger partial charge in [0.25, 0.3) is 0 Å². The van der Waals surface area contributed by atoms with Crippen LogP contribution in [0, 0.1) is 0 Å². The maximum absolute atomic E-state index is 11.4. The molecule has 2 atom stereocenters. The first kappa shape index (κ1) is 15.4. The highest BCUT2D eigenvalue weighted by Gasteiger charge is 2.18. The van der Waals surface area contributed by atoms with E-state index in [1.165, 1.54) is 0 Å². The fraction of sp³-hybridized carbons (Fsp3) is 0.917. The molecule has 1 aliphatic heterocycles. The van der Waals surface area contributed by atoms with Gasteiger partial charge in [-0.25, -0.2) is 0 Å². The molecule has 0 spiro atoms. The van der Waals surface area contributed by atoms with Crippen molar-refractivity contribution in [3.63, 3.8) is 0 Å². The number of methoxy groups -OCH3 is 1. The molecule has 6 heteroatoms. The third kappa shape index (κ3) is 6.90. The number of hydrogen-bond acceptors (Lipinski definition) is 5. The third-order valence-corrected chi connectivity index (χ3v) is 2.61. The first-order valence-corrected chi connectivity index (χ1v) is 6.42. The van der Waals surface area contributed by atoms with Gasteiger partial charge in [0.15, 0.2) is 0 Å². The lowest BCUT2D eigenvalue weighted by Crippen LogP contribution is -2.45. The Kier molecular flexibility index (Phi) is 7.91. The molecule has 1 saturated heterocycles. The number of amides is 1. The van der Waals surface area contributed by atoms with Gasteiger partial charge in [-0.15, -0.1) is 0 Å². The van der Waals surface area contributed by atoms with Gasteiger partial charge < -0.3 is 24.8 Å². The largest absolute Gasteiger partial charge is 0.385 e. The first-order chi connectivity index (χ1) is 8.72. The molecule has 1 fully saturated rings. The van der Waals surface area contributed by atoms with Crippen LogP contribution in [0.2, 0.25) is 0 Å². The molecule has 1 amide bonds. The minimum atomic E-state index is -0.0945. The molecule has 6 nitrogen and oxygen atoms in total. The molecule has 0 aromatic heterocycles. The second-order valence-corrected chi connectivity index (χ2v) is 4.44. The predicted molar refractivity (Wildman–Crippen MR) is 67.5 cm³/mol. The van der Waals surface area contributed by atoms with E-state index in [-0.39, 0.29) is 24.7 Å². The van der Waals surface area contributed by atoms with Crippen LogP contribution >= 0.6 is 0 Å². The first-order valence-electron chi connectivity index (χ1n) is 6.42. The van der Waals surface area contributed by atoms with Gasteiger partial charge in [-0.1, -0.05) is 0 Å². The summed E-state index contributed by atoms with van der Waals surface area (Å²) in [4.78, 5) is 11.4. The zero-order chi connectivity index (χ0) is 13.2. The molecule has 0 bridgehead atoms. The van der Waals surface area contributed by atoms with Crippen LogP contribution in [-0.2, 0) is 19.0 Å². The summed E-state index contributed by atoms with van der Waals surface area (Å²) >= 11 is 0. The Bertz CT molecular complexity index is 238. The van der Waals surface area contributed by atoms with Crippen molar-refractivity contribution in [1.82, 2.24) is 10.6 Å². The molecule has 0 aliphatic carbocycles. The van der Waals surface area contributed by atoms with Crippen LogP contribution in [0.15, 0.2) is 0 Å². The Morgan fingerprint density at radius 1 is 1.50 bits per heavy atom. The maximum Gasteiger partial charge on any atom is 0.246 e. The molecule has 0 aromatic rings. The molecule has 2 N–H and O–H groups in total. The zero-order valence-corrected chi connectivity index (χ0v) is 11.2. The normalized spacial score (nSPS) is 23.9. The number of ether oxygens (including phenoxy) is 3.